The summed E-state index contributed by atoms with van der Waals surface area (Å²) < 4.78 is 0. The molecule has 1 saturated carbocycles. The molecule has 4 N–H and O–H groups in total. The molecule has 0 spiro atoms. The lowest BCUT2D eigenvalue weighted by Crippen LogP contribution is -2.34. The van der Waals surface area contributed by atoms with Crippen LogP contribution in [-0.2, 0) is 9.59 Å². The van der Waals surface area contributed by atoms with E-state index in [0.717, 1.165) is 19.3 Å². The quantitative estimate of drug-likeness (QED) is 0.582. The van der Waals surface area contributed by atoms with Crippen LogP contribution in [0.4, 0.5) is 23.1 Å². The fourth-order valence-corrected chi connectivity index (χ4v) is 3.68. The van der Waals surface area contributed by atoms with Crippen molar-refractivity contribution in [2.75, 3.05) is 22.6 Å². The number of nitrogens with one attached hydrogen (secondary N) is 2. The molecule has 1 aliphatic rings. The Morgan fingerprint density at radius 3 is 2.83 bits per heavy atom. The maximum absolute atomic E-state index is 12.0. The van der Waals surface area contributed by atoms with Gasteiger partial charge in [-0.25, -0.2) is 4.98 Å². The van der Waals surface area contributed by atoms with Crippen molar-refractivity contribution in [1.82, 2.24) is 9.97 Å². The number of hydrogen-bond donors (Lipinski definition) is 3. The molecule has 0 saturated heterocycles. The third-order valence-electron chi connectivity index (χ3n) is 5.18. The van der Waals surface area contributed by atoms with Crippen molar-refractivity contribution in [2.45, 2.75) is 31.7 Å². The molecule has 0 aliphatic heterocycles. The number of nitrogens with two attached hydrogens (primary N) is 1. The summed E-state index contributed by atoms with van der Waals surface area (Å²) in [5.74, 6) is 0.177. The monoisotopic (exact) mass is 428 g/mol. The van der Waals surface area contributed by atoms with Crippen molar-refractivity contribution < 1.29 is 9.59 Å². The number of likely N-dealkylation sites (N-methyl/N-ethyl adjacent to an activating group) is 1. The molecule has 1 aliphatic carbocycles. The predicted octanol–water partition coefficient (Wildman–Crippen LogP) is 3.48. The summed E-state index contributed by atoms with van der Waals surface area (Å²) in [4.78, 5) is 33.8. The van der Waals surface area contributed by atoms with Crippen molar-refractivity contribution in [2.24, 2.45) is 11.7 Å². The predicted molar refractivity (Wildman–Crippen MR) is 119 cm³/mol. The zero-order chi connectivity index (χ0) is 21.7. The zero-order valence-corrected chi connectivity index (χ0v) is 17.5. The van der Waals surface area contributed by atoms with E-state index in [-0.39, 0.29) is 23.8 Å². The van der Waals surface area contributed by atoms with E-state index in [4.69, 9.17) is 17.3 Å². The molecule has 158 valence electrons. The van der Waals surface area contributed by atoms with Crippen LogP contribution in [0.15, 0.2) is 43.1 Å². The lowest BCUT2D eigenvalue weighted by molar-refractivity contribution is -0.122. The Kier molecular flexibility index (Phi) is 6.89. The Balaban J connectivity index is 1.79. The number of carbonyl (C=O) groups excluding carboxylic acids is 2. The number of hydrogen-bond acceptors (Lipinski definition) is 6. The number of carbonyl (C=O) groups is 2. The number of nitrogens with zero attached hydrogens (tertiary/aromatic N) is 3. The first kappa shape index (κ1) is 21.6. The number of anilines is 4. The standard InChI is InChI=1S/C21H25ClN6O2/c1-3-18(29)28(2)17-10-5-4-9-16(17)26-20-15(22)12-24-21(27-20)25-14-8-6-7-13(11-14)19(23)30/h3-5,9-10,12-14H,1,6-8,11H2,2H3,(H2,23,30)(H2,24,25,26,27)/t13-,14+/m1/s1. The number of halogens is 1. The zero-order valence-electron chi connectivity index (χ0n) is 16.8. The number of para-hydroxylation sites is 2. The fraction of sp³-hybridized carbons (Fsp3) is 0.333. The van der Waals surface area contributed by atoms with E-state index >= 15 is 0 Å². The largest absolute Gasteiger partial charge is 0.369 e. The Morgan fingerprint density at radius 1 is 1.33 bits per heavy atom. The number of rotatable bonds is 7. The van der Waals surface area contributed by atoms with Gasteiger partial charge in [0.25, 0.3) is 0 Å². The smallest absolute Gasteiger partial charge is 0.250 e. The highest BCUT2D eigenvalue weighted by atomic mass is 35.5. The summed E-state index contributed by atoms with van der Waals surface area (Å²) >= 11 is 6.30. The van der Waals surface area contributed by atoms with Crippen molar-refractivity contribution >= 4 is 46.6 Å². The van der Waals surface area contributed by atoms with Gasteiger partial charge < -0.3 is 21.3 Å². The minimum atomic E-state index is -0.268. The lowest BCUT2D eigenvalue weighted by atomic mass is 9.85. The summed E-state index contributed by atoms with van der Waals surface area (Å²) in [5.41, 5.74) is 6.78. The summed E-state index contributed by atoms with van der Waals surface area (Å²) in [6.07, 6.45) is 6.06. The highest BCUT2D eigenvalue weighted by Crippen LogP contribution is 2.31. The van der Waals surface area contributed by atoms with E-state index in [1.165, 1.54) is 17.2 Å². The van der Waals surface area contributed by atoms with Gasteiger partial charge in [-0.1, -0.05) is 36.7 Å². The van der Waals surface area contributed by atoms with Crippen molar-refractivity contribution in [3.63, 3.8) is 0 Å². The van der Waals surface area contributed by atoms with Crippen LogP contribution in [0.25, 0.3) is 0 Å². The summed E-state index contributed by atoms with van der Waals surface area (Å²) in [6, 6.07) is 7.38. The average Bonchev–Trinajstić information content (AvgIpc) is 2.75. The van der Waals surface area contributed by atoms with Crippen LogP contribution in [0, 0.1) is 5.92 Å². The van der Waals surface area contributed by atoms with Crippen LogP contribution in [0.1, 0.15) is 25.7 Å². The van der Waals surface area contributed by atoms with E-state index in [1.54, 1.807) is 7.05 Å². The van der Waals surface area contributed by atoms with Crippen LogP contribution >= 0.6 is 11.6 Å². The number of aromatic nitrogens is 2. The van der Waals surface area contributed by atoms with Crippen LogP contribution in [-0.4, -0.2) is 34.9 Å². The second-order valence-corrected chi connectivity index (χ2v) is 7.65. The molecular formula is C21H25ClN6O2. The number of primary amides is 1. The van der Waals surface area contributed by atoms with Gasteiger partial charge in [-0.3, -0.25) is 9.59 Å². The molecule has 3 rings (SSSR count). The third kappa shape index (κ3) is 5.07. The van der Waals surface area contributed by atoms with Crippen molar-refractivity contribution in [3.05, 3.63) is 48.1 Å². The molecule has 2 aromatic rings. The van der Waals surface area contributed by atoms with Crippen molar-refractivity contribution in [3.8, 4) is 0 Å². The van der Waals surface area contributed by atoms with Crippen molar-refractivity contribution in [1.29, 1.82) is 0 Å². The first-order valence-electron chi connectivity index (χ1n) is 9.73. The first-order valence-corrected chi connectivity index (χ1v) is 10.1. The van der Waals surface area contributed by atoms with Gasteiger partial charge in [-0.15, -0.1) is 0 Å². The minimum absolute atomic E-state index is 0.0638. The normalized spacial score (nSPS) is 18.3. The maximum atomic E-state index is 12.0. The molecule has 30 heavy (non-hydrogen) atoms. The van der Waals surface area contributed by atoms with Gasteiger partial charge in [0.05, 0.1) is 17.6 Å². The summed E-state index contributed by atoms with van der Waals surface area (Å²) in [5, 5.41) is 6.80. The Hall–Kier alpha value is -3.13. The van der Waals surface area contributed by atoms with E-state index in [0.29, 0.717) is 34.6 Å². The molecule has 0 bridgehead atoms. The second kappa shape index (κ2) is 9.58. The number of amides is 2. The van der Waals surface area contributed by atoms with Gasteiger partial charge in [-0.05, 0) is 37.5 Å². The molecule has 8 nitrogen and oxygen atoms in total. The van der Waals surface area contributed by atoms with E-state index < -0.39 is 0 Å². The third-order valence-corrected chi connectivity index (χ3v) is 5.45. The maximum Gasteiger partial charge on any atom is 0.250 e. The van der Waals surface area contributed by atoms with E-state index in [9.17, 15) is 9.59 Å². The fourth-order valence-electron chi connectivity index (χ4n) is 3.54. The molecule has 2 atom stereocenters. The van der Waals surface area contributed by atoms with Crippen LogP contribution in [0.2, 0.25) is 5.02 Å². The van der Waals surface area contributed by atoms with Gasteiger partial charge in [0.15, 0.2) is 5.82 Å². The average molecular weight is 429 g/mol. The molecule has 1 fully saturated rings. The number of benzene rings is 1. The Labute approximate surface area is 180 Å². The van der Waals surface area contributed by atoms with Gasteiger partial charge >= 0.3 is 0 Å². The Bertz CT molecular complexity index is 951. The van der Waals surface area contributed by atoms with Gasteiger partial charge in [0, 0.05) is 19.0 Å². The molecule has 0 radical (unpaired) electrons. The lowest BCUT2D eigenvalue weighted by Gasteiger charge is -2.28. The second-order valence-electron chi connectivity index (χ2n) is 7.24. The molecule has 9 heteroatoms. The molecule has 2 amide bonds. The SMILES string of the molecule is C=CC(=O)N(C)c1ccccc1Nc1nc(N[C@H]2CCC[C@@H](C(N)=O)C2)ncc1Cl. The summed E-state index contributed by atoms with van der Waals surface area (Å²) in [6.45, 7) is 3.53. The highest BCUT2D eigenvalue weighted by Gasteiger charge is 2.26. The molecule has 1 aromatic carbocycles. The summed E-state index contributed by atoms with van der Waals surface area (Å²) in [7, 11) is 1.66. The first-order chi connectivity index (χ1) is 14.4. The molecule has 0 unspecified atom stereocenters. The van der Waals surface area contributed by atoms with E-state index in [2.05, 4.69) is 27.2 Å². The minimum Gasteiger partial charge on any atom is -0.369 e. The van der Waals surface area contributed by atoms with Crippen LogP contribution in [0.5, 0.6) is 0 Å². The van der Waals surface area contributed by atoms with Gasteiger partial charge in [0.2, 0.25) is 17.8 Å². The topological polar surface area (TPSA) is 113 Å². The molecular weight excluding hydrogens is 404 g/mol. The molecule has 1 heterocycles. The Morgan fingerprint density at radius 2 is 2.10 bits per heavy atom. The van der Waals surface area contributed by atoms with Crippen LogP contribution < -0.4 is 21.3 Å². The molecule has 1 aromatic heterocycles. The van der Waals surface area contributed by atoms with E-state index in [1.807, 2.05) is 24.3 Å². The van der Waals surface area contributed by atoms with Gasteiger partial charge in [-0.2, -0.15) is 4.98 Å². The van der Waals surface area contributed by atoms with Crippen LogP contribution in [0.3, 0.4) is 0 Å². The van der Waals surface area contributed by atoms with Gasteiger partial charge in [0.1, 0.15) is 5.02 Å². The highest BCUT2D eigenvalue weighted by molar-refractivity contribution is 6.33.